The van der Waals surface area contributed by atoms with Crippen LogP contribution < -0.4 is 5.32 Å². The van der Waals surface area contributed by atoms with Crippen LogP contribution in [0.5, 0.6) is 0 Å². The zero-order chi connectivity index (χ0) is 13.0. The second-order valence-electron chi connectivity index (χ2n) is 5.30. The Balaban J connectivity index is 2.20. The molecule has 1 N–H and O–H groups in total. The molecule has 1 heterocycles. The molecule has 1 aromatic rings. The molecule has 0 aromatic carbocycles. The van der Waals surface area contributed by atoms with Crippen molar-refractivity contribution in [3.05, 3.63) is 16.9 Å². The van der Waals surface area contributed by atoms with Crippen LogP contribution in [-0.2, 0) is 6.54 Å². The van der Waals surface area contributed by atoms with E-state index in [0.29, 0.717) is 12.0 Å². The van der Waals surface area contributed by atoms with Crippen LogP contribution in [0, 0.1) is 0 Å². The maximum Gasteiger partial charge on any atom is 0.0820 e. The lowest BCUT2D eigenvalue weighted by Crippen LogP contribution is -2.26. The average Bonchev–Trinajstić information content (AvgIpc) is 2.61. The number of halogens is 1. The van der Waals surface area contributed by atoms with Crippen LogP contribution >= 0.6 is 11.6 Å². The van der Waals surface area contributed by atoms with Crippen molar-refractivity contribution in [2.45, 2.75) is 64.0 Å². The van der Waals surface area contributed by atoms with Crippen LogP contribution in [0.15, 0.2) is 6.20 Å². The van der Waals surface area contributed by atoms with E-state index >= 15 is 0 Å². The first-order valence-corrected chi connectivity index (χ1v) is 7.52. The highest BCUT2D eigenvalue weighted by Gasteiger charge is 2.25. The molecule has 0 aliphatic heterocycles. The third kappa shape index (κ3) is 3.07. The molecule has 0 radical (unpaired) electrons. The van der Waals surface area contributed by atoms with E-state index in [0.717, 1.165) is 18.0 Å². The molecule has 1 fully saturated rings. The summed E-state index contributed by atoms with van der Waals surface area (Å²) >= 11 is 6.35. The van der Waals surface area contributed by atoms with E-state index in [1.807, 2.05) is 6.20 Å². The fraction of sp³-hybridized carbons (Fsp3) is 0.786. The molecule has 0 bridgehead atoms. The van der Waals surface area contributed by atoms with E-state index in [4.69, 9.17) is 11.6 Å². The molecule has 1 aliphatic carbocycles. The molecule has 1 aromatic heterocycles. The fourth-order valence-corrected chi connectivity index (χ4v) is 3.33. The SMILES string of the molecule is CCCn1ncc(Cl)c1C1CCCCC(NC)C1. The Morgan fingerprint density at radius 2 is 2.22 bits per heavy atom. The second-order valence-corrected chi connectivity index (χ2v) is 5.71. The summed E-state index contributed by atoms with van der Waals surface area (Å²) in [5.41, 5.74) is 1.26. The Kier molecular flexibility index (Phi) is 5.07. The van der Waals surface area contributed by atoms with Crippen LogP contribution in [-0.4, -0.2) is 22.9 Å². The minimum Gasteiger partial charge on any atom is -0.317 e. The van der Waals surface area contributed by atoms with E-state index < -0.39 is 0 Å². The maximum absolute atomic E-state index is 6.35. The summed E-state index contributed by atoms with van der Waals surface area (Å²) in [6.07, 6.45) is 9.25. The molecule has 2 unspecified atom stereocenters. The van der Waals surface area contributed by atoms with Gasteiger partial charge in [0.15, 0.2) is 0 Å². The Hall–Kier alpha value is -0.540. The summed E-state index contributed by atoms with van der Waals surface area (Å²) in [5.74, 6) is 0.562. The van der Waals surface area contributed by atoms with Crippen molar-refractivity contribution in [2.24, 2.45) is 0 Å². The molecule has 0 spiro atoms. The van der Waals surface area contributed by atoms with Crippen molar-refractivity contribution >= 4 is 11.6 Å². The van der Waals surface area contributed by atoms with Gasteiger partial charge in [-0.1, -0.05) is 31.4 Å². The van der Waals surface area contributed by atoms with Gasteiger partial charge >= 0.3 is 0 Å². The lowest BCUT2D eigenvalue weighted by Gasteiger charge is -2.21. The molecular weight excluding hydrogens is 246 g/mol. The molecule has 3 nitrogen and oxygen atoms in total. The largest absolute Gasteiger partial charge is 0.317 e. The Bertz CT molecular complexity index is 375. The number of hydrogen-bond donors (Lipinski definition) is 1. The zero-order valence-electron chi connectivity index (χ0n) is 11.5. The first-order chi connectivity index (χ1) is 8.76. The second kappa shape index (κ2) is 6.58. The molecule has 0 saturated heterocycles. The van der Waals surface area contributed by atoms with Crippen LogP contribution in [0.1, 0.15) is 57.1 Å². The van der Waals surface area contributed by atoms with Gasteiger partial charge in [-0.3, -0.25) is 4.68 Å². The van der Waals surface area contributed by atoms with Gasteiger partial charge in [-0.15, -0.1) is 0 Å². The van der Waals surface area contributed by atoms with Crippen LogP contribution in [0.4, 0.5) is 0 Å². The summed E-state index contributed by atoms with van der Waals surface area (Å²) in [6, 6.07) is 0.624. The monoisotopic (exact) mass is 269 g/mol. The summed E-state index contributed by atoms with van der Waals surface area (Å²) in [5, 5.41) is 8.71. The smallest absolute Gasteiger partial charge is 0.0820 e. The number of nitrogens with zero attached hydrogens (tertiary/aromatic N) is 2. The third-order valence-corrected chi connectivity index (χ3v) is 4.28. The summed E-state index contributed by atoms with van der Waals surface area (Å²) in [6.45, 7) is 3.16. The van der Waals surface area contributed by atoms with Gasteiger partial charge in [0, 0.05) is 18.5 Å². The Labute approximate surface area is 115 Å². The molecule has 1 aliphatic rings. The molecule has 2 rings (SSSR count). The average molecular weight is 270 g/mol. The molecule has 18 heavy (non-hydrogen) atoms. The highest BCUT2D eigenvalue weighted by atomic mass is 35.5. The predicted octanol–water partition coefficient (Wildman–Crippen LogP) is 3.58. The van der Waals surface area contributed by atoms with E-state index in [2.05, 4.69) is 29.1 Å². The number of aryl methyl sites for hydroxylation is 1. The zero-order valence-corrected chi connectivity index (χ0v) is 12.2. The highest BCUT2D eigenvalue weighted by Crippen LogP contribution is 2.35. The van der Waals surface area contributed by atoms with Gasteiger partial charge in [-0.25, -0.2) is 0 Å². The number of rotatable bonds is 4. The first kappa shape index (κ1) is 13.9. The van der Waals surface area contributed by atoms with Crippen molar-refractivity contribution in [1.29, 1.82) is 0 Å². The maximum atomic E-state index is 6.35. The quantitative estimate of drug-likeness (QED) is 0.847. The van der Waals surface area contributed by atoms with Crippen molar-refractivity contribution in [3.8, 4) is 0 Å². The third-order valence-electron chi connectivity index (χ3n) is 3.99. The van der Waals surface area contributed by atoms with Crippen LogP contribution in [0.25, 0.3) is 0 Å². The molecule has 1 saturated carbocycles. The van der Waals surface area contributed by atoms with E-state index in [1.54, 1.807) is 0 Å². The minimum absolute atomic E-state index is 0.562. The molecule has 0 amide bonds. The van der Waals surface area contributed by atoms with Crippen molar-refractivity contribution in [1.82, 2.24) is 15.1 Å². The number of aromatic nitrogens is 2. The summed E-state index contributed by atoms with van der Waals surface area (Å²) < 4.78 is 2.12. The van der Waals surface area contributed by atoms with Gasteiger partial charge in [0.25, 0.3) is 0 Å². The summed E-state index contributed by atoms with van der Waals surface area (Å²) in [4.78, 5) is 0. The van der Waals surface area contributed by atoms with Gasteiger partial charge in [0.1, 0.15) is 0 Å². The molecular formula is C14H24ClN3. The normalized spacial score (nSPS) is 25.1. The first-order valence-electron chi connectivity index (χ1n) is 7.14. The van der Waals surface area contributed by atoms with Crippen molar-refractivity contribution in [3.63, 3.8) is 0 Å². The fourth-order valence-electron chi connectivity index (χ4n) is 3.04. The standard InChI is InChI=1S/C14H24ClN3/c1-3-8-18-14(13(15)10-17-18)11-6-4-5-7-12(9-11)16-2/h10-12,16H,3-9H2,1-2H3. The number of nitrogens with one attached hydrogen (secondary N) is 1. The highest BCUT2D eigenvalue weighted by molar-refractivity contribution is 6.31. The van der Waals surface area contributed by atoms with Gasteiger partial charge < -0.3 is 5.32 Å². The lowest BCUT2D eigenvalue weighted by molar-refractivity contribution is 0.445. The Morgan fingerprint density at radius 3 is 2.94 bits per heavy atom. The number of hydrogen-bond acceptors (Lipinski definition) is 2. The van der Waals surface area contributed by atoms with Gasteiger partial charge in [0.2, 0.25) is 0 Å². The summed E-state index contributed by atoms with van der Waals surface area (Å²) in [7, 11) is 2.07. The molecule has 102 valence electrons. The van der Waals surface area contributed by atoms with Gasteiger partial charge in [0.05, 0.1) is 16.9 Å². The minimum atomic E-state index is 0.562. The van der Waals surface area contributed by atoms with Crippen molar-refractivity contribution < 1.29 is 0 Å². The topological polar surface area (TPSA) is 29.9 Å². The van der Waals surface area contributed by atoms with Crippen LogP contribution in [0.2, 0.25) is 5.02 Å². The van der Waals surface area contributed by atoms with Gasteiger partial charge in [-0.2, -0.15) is 5.10 Å². The predicted molar refractivity (Wildman–Crippen MR) is 76.2 cm³/mol. The van der Waals surface area contributed by atoms with Crippen LogP contribution in [0.3, 0.4) is 0 Å². The van der Waals surface area contributed by atoms with E-state index in [1.165, 1.54) is 37.8 Å². The molecule has 2 atom stereocenters. The molecule has 4 heteroatoms. The Morgan fingerprint density at radius 1 is 1.44 bits per heavy atom. The van der Waals surface area contributed by atoms with Gasteiger partial charge in [-0.05, 0) is 32.7 Å². The van der Waals surface area contributed by atoms with E-state index in [-0.39, 0.29) is 0 Å². The van der Waals surface area contributed by atoms with E-state index in [9.17, 15) is 0 Å². The lowest BCUT2D eigenvalue weighted by atomic mass is 9.94. The van der Waals surface area contributed by atoms with Crippen molar-refractivity contribution in [2.75, 3.05) is 7.05 Å².